The van der Waals surface area contributed by atoms with E-state index in [2.05, 4.69) is 19.2 Å². The molecule has 15 heavy (non-hydrogen) atoms. The molecule has 0 aromatic rings. The zero-order valence-electron chi connectivity index (χ0n) is 9.62. The Kier molecular flexibility index (Phi) is 4.14. The highest BCUT2D eigenvalue weighted by molar-refractivity contribution is 7.91. The smallest absolute Gasteiger partial charge is 0.150 e. The van der Waals surface area contributed by atoms with Gasteiger partial charge in [-0.25, -0.2) is 8.42 Å². The zero-order chi connectivity index (χ0) is 11.5. The summed E-state index contributed by atoms with van der Waals surface area (Å²) in [5, 5.41) is 3.36. The van der Waals surface area contributed by atoms with Crippen LogP contribution < -0.4 is 11.1 Å². The van der Waals surface area contributed by atoms with Gasteiger partial charge in [-0.2, -0.15) is 0 Å². The van der Waals surface area contributed by atoms with Gasteiger partial charge >= 0.3 is 0 Å². The maximum absolute atomic E-state index is 11.3. The fourth-order valence-corrected chi connectivity index (χ4v) is 3.54. The summed E-state index contributed by atoms with van der Waals surface area (Å²) in [5.74, 6) is 0.591. The van der Waals surface area contributed by atoms with Crippen LogP contribution in [0.4, 0.5) is 0 Å². The topological polar surface area (TPSA) is 72.2 Å². The number of hydrogen-bond donors (Lipinski definition) is 2. The minimum absolute atomic E-state index is 0.00437. The van der Waals surface area contributed by atoms with Crippen LogP contribution in [0.15, 0.2) is 0 Å². The first-order chi connectivity index (χ1) is 6.89. The Morgan fingerprint density at radius 2 is 1.87 bits per heavy atom. The predicted molar refractivity (Wildman–Crippen MR) is 62.5 cm³/mol. The van der Waals surface area contributed by atoms with E-state index in [0.29, 0.717) is 36.9 Å². The normalized spacial score (nSPS) is 24.3. The van der Waals surface area contributed by atoms with Crippen molar-refractivity contribution >= 4 is 9.84 Å². The lowest BCUT2D eigenvalue weighted by molar-refractivity contribution is 0.245. The van der Waals surface area contributed by atoms with Crippen LogP contribution in [0.1, 0.15) is 26.7 Å². The standard InChI is InChI=1S/C10H22N2O2S/c1-9(2)12-8-10(7-11)3-5-15(13,14)6-4-10/h9,12H,3-8,11H2,1-2H3. The molecule has 90 valence electrons. The van der Waals surface area contributed by atoms with Crippen LogP contribution in [-0.4, -0.2) is 39.1 Å². The van der Waals surface area contributed by atoms with Gasteiger partial charge in [0.1, 0.15) is 9.84 Å². The van der Waals surface area contributed by atoms with Gasteiger partial charge in [-0.3, -0.25) is 0 Å². The molecule has 1 aliphatic heterocycles. The molecule has 1 rings (SSSR count). The van der Waals surface area contributed by atoms with Gasteiger partial charge in [-0.1, -0.05) is 13.8 Å². The minimum atomic E-state index is -2.79. The van der Waals surface area contributed by atoms with Gasteiger partial charge in [0.05, 0.1) is 11.5 Å². The Hall–Kier alpha value is -0.130. The molecule has 0 amide bonds. The lowest BCUT2D eigenvalue weighted by Gasteiger charge is -2.36. The molecular formula is C10H22N2O2S. The van der Waals surface area contributed by atoms with E-state index in [4.69, 9.17) is 5.73 Å². The van der Waals surface area contributed by atoms with Crippen molar-refractivity contribution in [3.8, 4) is 0 Å². The van der Waals surface area contributed by atoms with Crippen molar-refractivity contribution in [3.63, 3.8) is 0 Å². The van der Waals surface area contributed by atoms with E-state index in [1.165, 1.54) is 0 Å². The summed E-state index contributed by atoms with van der Waals surface area (Å²) in [5.41, 5.74) is 5.77. The third kappa shape index (κ3) is 3.74. The van der Waals surface area contributed by atoms with Crippen molar-refractivity contribution in [1.82, 2.24) is 5.32 Å². The molecule has 0 saturated carbocycles. The first kappa shape index (κ1) is 12.9. The number of rotatable bonds is 4. The lowest BCUT2D eigenvalue weighted by atomic mass is 9.82. The highest BCUT2D eigenvalue weighted by atomic mass is 32.2. The van der Waals surface area contributed by atoms with Gasteiger partial charge < -0.3 is 11.1 Å². The molecule has 0 unspecified atom stereocenters. The summed E-state index contributed by atoms with van der Waals surface area (Å²) in [6, 6.07) is 0.423. The van der Waals surface area contributed by atoms with Gasteiger partial charge in [0.25, 0.3) is 0 Å². The van der Waals surface area contributed by atoms with Crippen LogP contribution in [0, 0.1) is 5.41 Å². The fraction of sp³-hybridized carbons (Fsp3) is 1.00. The maximum atomic E-state index is 11.3. The lowest BCUT2D eigenvalue weighted by Crippen LogP contribution is -2.47. The number of hydrogen-bond acceptors (Lipinski definition) is 4. The van der Waals surface area contributed by atoms with Crippen molar-refractivity contribution in [1.29, 1.82) is 0 Å². The molecule has 0 radical (unpaired) electrons. The number of sulfone groups is 1. The largest absolute Gasteiger partial charge is 0.330 e. The molecule has 1 saturated heterocycles. The molecule has 0 spiro atoms. The van der Waals surface area contributed by atoms with Gasteiger partial charge in [-0.15, -0.1) is 0 Å². The quantitative estimate of drug-likeness (QED) is 0.725. The fourth-order valence-electron chi connectivity index (χ4n) is 1.84. The third-order valence-electron chi connectivity index (χ3n) is 3.21. The molecule has 1 heterocycles. The molecule has 1 aliphatic rings. The molecule has 3 N–H and O–H groups in total. The summed E-state index contributed by atoms with van der Waals surface area (Å²) in [6.07, 6.45) is 1.40. The van der Waals surface area contributed by atoms with Gasteiger partial charge in [0.2, 0.25) is 0 Å². The molecule has 0 aromatic carbocycles. The Bertz CT molecular complexity index is 285. The molecule has 1 fully saturated rings. The molecular weight excluding hydrogens is 212 g/mol. The van der Waals surface area contributed by atoms with Crippen LogP contribution in [0.3, 0.4) is 0 Å². The first-order valence-corrected chi connectivity index (χ1v) is 7.35. The highest BCUT2D eigenvalue weighted by Gasteiger charge is 2.35. The second-order valence-corrected chi connectivity index (χ2v) is 7.20. The number of nitrogens with two attached hydrogens (primary N) is 1. The van der Waals surface area contributed by atoms with E-state index < -0.39 is 9.84 Å². The second kappa shape index (κ2) is 4.80. The van der Waals surface area contributed by atoms with Crippen molar-refractivity contribution < 1.29 is 8.42 Å². The van der Waals surface area contributed by atoms with E-state index in [9.17, 15) is 8.42 Å². The summed E-state index contributed by atoms with van der Waals surface area (Å²) in [7, 11) is -2.79. The van der Waals surface area contributed by atoms with Gasteiger partial charge in [0.15, 0.2) is 0 Å². The molecule has 5 heteroatoms. The first-order valence-electron chi connectivity index (χ1n) is 5.53. The summed E-state index contributed by atoms with van der Waals surface area (Å²) < 4.78 is 22.7. The molecule has 0 aromatic heterocycles. The maximum Gasteiger partial charge on any atom is 0.150 e. The number of nitrogens with one attached hydrogen (secondary N) is 1. The predicted octanol–water partition coefficient (Wildman–Crippen LogP) is 0.138. The molecule has 4 nitrogen and oxygen atoms in total. The summed E-state index contributed by atoms with van der Waals surface area (Å²) >= 11 is 0. The molecule has 0 aliphatic carbocycles. The third-order valence-corrected chi connectivity index (χ3v) is 4.86. The van der Waals surface area contributed by atoms with E-state index in [1.54, 1.807) is 0 Å². The average molecular weight is 234 g/mol. The zero-order valence-corrected chi connectivity index (χ0v) is 10.4. The van der Waals surface area contributed by atoms with Crippen molar-refractivity contribution in [2.75, 3.05) is 24.6 Å². The minimum Gasteiger partial charge on any atom is -0.330 e. The van der Waals surface area contributed by atoms with Crippen LogP contribution in [0.2, 0.25) is 0 Å². The van der Waals surface area contributed by atoms with E-state index in [0.717, 1.165) is 6.54 Å². The Balaban J connectivity index is 2.56. The van der Waals surface area contributed by atoms with Crippen LogP contribution in [0.5, 0.6) is 0 Å². The Morgan fingerprint density at radius 3 is 2.27 bits per heavy atom. The van der Waals surface area contributed by atoms with Crippen molar-refractivity contribution in [2.24, 2.45) is 11.1 Å². The summed E-state index contributed by atoms with van der Waals surface area (Å²) in [6.45, 7) is 5.58. The monoisotopic (exact) mass is 234 g/mol. The second-order valence-electron chi connectivity index (χ2n) is 4.89. The molecule has 0 atom stereocenters. The molecule has 0 bridgehead atoms. The van der Waals surface area contributed by atoms with E-state index >= 15 is 0 Å². The van der Waals surface area contributed by atoms with Crippen LogP contribution >= 0.6 is 0 Å². The average Bonchev–Trinajstić information content (AvgIpc) is 2.17. The SMILES string of the molecule is CC(C)NCC1(CN)CCS(=O)(=O)CC1. The van der Waals surface area contributed by atoms with Gasteiger partial charge in [-0.05, 0) is 24.8 Å². The Labute approximate surface area is 92.5 Å². The van der Waals surface area contributed by atoms with E-state index in [-0.39, 0.29) is 5.41 Å². The van der Waals surface area contributed by atoms with Crippen LogP contribution in [0.25, 0.3) is 0 Å². The summed E-state index contributed by atoms with van der Waals surface area (Å²) in [4.78, 5) is 0. The van der Waals surface area contributed by atoms with Crippen LogP contribution in [-0.2, 0) is 9.84 Å². The highest BCUT2D eigenvalue weighted by Crippen LogP contribution is 2.30. The van der Waals surface area contributed by atoms with Crippen molar-refractivity contribution in [2.45, 2.75) is 32.7 Å². The van der Waals surface area contributed by atoms with Gasteiger partial charge in [0, 0.05) is 12.6 Å². The van der Waals surface area contributed by atoms with Crippen molar-refractivity contribution in [3.05, 3.63) is 0 Å². The Morgan fingerprint density at radius 1 is 1.33 bits per heavy atom. The van der Waals surface area contributed by atoms with E-state index in [1.807, 2.05) is 0 Å².